The molecule has 140 valence electrons. The highest BCUT2D eigenvalue weighted by Crippen LogP contribution is 2.28. The van der Waals surface area contributed by atoms with Crippen molar-refractivity contribution in [2.24, 2.45) is 0 Å². The molecule has 2 heterocycles. The summed E-state index contributed by atoms with van der Waals surface area (Å²) < 4.78 is 48.2. The number of hydrogen-bond acceptors (Lipinski definition) is 3. The number of pyridine rings is 1. The lowest BCUT2D eigenvalue weighted by Crippen LogP contribution is -2.16. The number of alkyl halides is 3. The highest BCUT2D eigenvalue weighted by atomic mass is 28.3. The van der Waals surface area contributed by atoms with Gasteiger partial charge in [-0.05, 0) is 30.3 Å². The third kappa shape index (κ3) is 5.28. The molecular weight excluding hydrogens is 373 g/mol. The number of aromatic nitrogens is 2. The maximum atomic E-state index is 12.3. The molecule has 0 aliphatic heterocycles. The zero-order chi connectivity index (χ0) is 19.7. The van der Waals surface area contributed by atoms with Crippen LogP contribution in [0.4, 0.5) is 13.2 Å². The average Bonchev–Trinajstić information content (AvgIpc) is 3.01. The maximum absolute atomic E-state index is 12.3. The number of rotatable bonds is 3. The summed E-state index contributed by atoms with van der Waals surface area (Å²) in [5.74, 6) is 3.69. The van der Waals surface area contributed by atoms with Crippen LogP contribution in [0.25, 0.3) is 5.65 Å². The van der Waals surface area contributed by atoms with Gasteiger partial charge in [-0.25, -0.2) is 4.98 Å². The van der Waals surface area contributed by atoms with Gasteiger partial charge in [0.25, 0.3) is 0 Å². The number of ether oxygens (including phenoxy) is 2. The molecular formula is C19H17F3N2O2Si. The number of halogens is 3. The van der Waals surface area contributed by atoms with Crippen LogP contribution < -0.4 is 9.47 Å². The summed E-state index contributed by atoms with van der Waals surface area (Å²) in [6.45, 7) is 6.45. The van der Waals surface area contributed by atoms with Crippen molar-refractivity contribution in [1.82, 2.24) is 9.38 Å². The number of imidazole rings is 1. The van der Waals surface area contributed by atoms with Crippen LogP contribution in [0.3, 0.4) is 0 Å². The van der Waals surface area contributed by atoms with Crippen LogP contribution in [0, 0.1) is 11.5 Å². The van der Waals surface area contributed by atoms with E-state index in [0.717, 1.165) is 5.56 Å². The Balaban J connectivity index is 1.89. The summed E-state index contributed by atoms with van der Waals surface area (Å²) >= 11 is 0. The molecule has 0 aliphatic rings. The summed E-state index contributed by atoms with van der Waals surface area (Å²) in [5, 5.41) is 0. The van der Waals surface area contributed by atoms with E-state index in [1.165, 1.54) is 24.3 Å². The lowest BCUT2D eigenvalue weighted by Gasteiger charge is -2.11. The van der Waals surface area contributed by atoms with Crippen molar-refractivity contribution in [1.29, 1.82) is 0 Å². The van der Waals surface area contributed by atoms with Crippen molar-refractivity contribution in [2.45, 2.75) is 26.0 Å². The first-order chi connectivity index (χ1) is 12.6. The van der Waals surface area contributed by atoms with Gasteiger partial charge in [-0.15, -0.1) is 18.7 Å². The minimum absolute atomic E-state index is 0.308. The van der Waals surface area contributed by atoms with E-state index in [2.05, 4.69) is 40.8 Å². The standard InChI is InChI=1S/C19H17F3N2O2Si/c1-27(2,3)11-8-14-12-17-23-9-10-24(17)18(13-14)25-15-4-6-16(7-5-15)26-19(20,21)22/h4-7,9-10,12-13H,1-3H3. The number of fused-ring (bicyclic) bond motifs is 1. The molecule has 0 unspecified atom stereocenters. The van der Waals surface area contributed by atoms with Gasteiger partial charge in [-0.1, -0.05) is 25.6 Å². The van der Waals surface area contributed by atoms with E-state index in [1.54, 1.807) is 22.9 Å². The largest absolute Gasteiger partial charge is 0.573 e. The van der Waals surface area contributed by atoms with Crippen LogP contribution in [0.5, 0.6) is 17.4 Å². The molecule has 4 nitrogen and oxygen atoms in total. The van der Waals surface area contributed by atoms with Crippen molar-refractivity contribution in [3.8, 4) is 28.8 Å². The Morgan fingerprint density at radius 3 is 2.33 bits per heavy atom. The first-order valence-corrected chi connectivity index (χ1v) is 11.6. The molecule has 0 saturated carbocycles. The molecule has 27 heavy (non-hydrogen) atoms. The molecule has 3 rings (SSSR count). The van der Waals surface area contributed by atoms with Crippen LogP contribution in [0.1, 0.15) is 5.56 Å². The molecule has 0 fully saturated rings. The first-order valence-electron chi connectivity index (χ1n) is 8.13. The van der Waals surface area contributed by atoms with E-state index in [-0.39, 0.29) is 5.75 Å². The van der Waals surface area contributed by atoms with Gasteiger partial charge in [0.15, 0.2) is 0 Å². The molecule has 0 N–H and O–H groups in total. The van der Waals surface area contributed by atoms with Gasteiger partial charge in [0, 0.05) is 24.0 Å². The van der Waals surface area contributed by atoms with Gasteiger partial charge in [0.2, 0.25) is 5.88 Å². The van der Waals surface area contributed by atoms with E-state index in [0.29, 0.717) is 17.3 Å². The van der Waals surface area contributed by atoms with Gasteiger partial charge in [0.1, 0.15) is 25.2 Å². The van der Waals surface area contributed by atoms with Crippen molar-refractivity contribution in [2.75, 3.05) is 0 Å². The monoisotopic (exact) mass is 390 g/mol. The Morgan fingerprint density at radius 1 is 1.04 bits per heavy atom. The Hall–Kier alpha value is -2.92. The van der Waals surface area contributed by atoms with Crippen molar-refractivity contribution in [3.63, 3.8) is 0 Å². The third-order valence-corrected chi connectivity index (χ3v) is 4.21. The molecule has 0 amide bonds. The third-order valence-electron chi connectivity index (χ3n) is 3.33. The summed E-state index contributed by atoms with van der Waals surface area (Å²) in [4.78, 5) is 4.26. The Morgan fingerprint density at radius 2 is 1.70 bits per heavy atom. The average molecular weight is 390 g/mol. The number of hydrogen-bond donors (Lipinski definition) is 0. The van der Waals surface area contributed by atoms with Crippen LogP contribution in [0.2, 0.25) is 19.6 Å². The van der Waals surface area contributed by atoms with Crippen molar-refractivity contribution >= 4 is 13.7 Å². The molecule has 0 aliphatic carbocycles. The molecule has 8 heteroatoms. The fraction of sp³-hybridized carbons (Fsp3) is 0.211. The maximum Gasteiger partial charge on any atom is 0.573 e. The summed E-state index contributed by atoms with van der Waals surface area (Å²) in [5.41, 5.74) is 4.73. The fourth-order valence-corrected chi connectivity index (χ4v) is 2.75. The second-order valence-corrected chi connectivity index (χ2v) is 11.6. The van der Waals surface area contributed by atoms with E-state index in [1.807, 2.05) is 6.07 Å². The Bertz CT molecular complexity index is 1010. The van der Waals surface area contributed by atoms with Gasteiger partial charge in [-0.3, -0.25) is 4.40 Å². The van der Waals surface area contributed by atoms with Gasteiger partial charge < -0.3 is 9.47 Å². The minimum Gasteiger partial charge on any atom is -0.440 e. The second-order valence-electron chi connectivity index (χ2n) is 6.86. The fourth-order valence-electron chi connectivity index (χ4n) is 2.23. The lowest BCUT2D eigenvalue weighted by atomic mass is 10.2. The molecule has 3 aromatic rings. The van der Waals surface area contributed by atoms with Crippen LogP contribution in [-0.4, -0.2) is 23.8 Å². The molecule has 0 saturated heterocycles. The molecule has 0 radical (unpaired) electrons. The summed E-state index contributed by atoms with van der Waals surface area (Å²) in [7, 11) is -1.54. The number of nitrogens with zero attached hydrogens (tertiary/aromatic N) is 2. The van der Waals surface area contributed by atoms with E-state index >= 15 is 0 Å². The highest BCUT2D eigenvalue weighted by Gasteiger charge is 2.31. The zero-order valence-electron chi connectivity index (χ0n) is 15.0. The normalized spacial score (nSPS) is 11.8. The lowest BCUT2D eigenvalue weighted by molar-refractivity contribution is -0.274. The van der Waals surface area contributed by atoms with E-state index < -0.39 is 14.4 Å². The molecule has 1 aromatic carbocycles. The van der Waals surface area contributed by atoms with Gasteiger partial charge >= 0.3 is 6.36 Å². The predicted molar refractivity (Wildman–Crippen MR) is 98.6 cm³/mol. The number of benzene rings is 1. The minimum atomic E-state index is -4.73. The zero-order valence-corrected chi connectivity index (χ0v) is 16.0. The summed E-state index contributed by atoms with van der Waals surface area (Å²) in [6, 6.07) is 8.85. The molecule has 0 atom stereocenters. The van der Waals surface area contributed by atoms with Gasteiger partial charge in [-0.2, -0.15) is 0 Å². The molecule has 0 spiro atoms. The first kappa shape index (κ1) is 18.9. The van der Waals surface area contributed by atoms with Crippen molar-refractivity contribution in [3.05, 3.63) is 54.4 Å². The Labute approximate surface area is 155 Å². The van der Waals surface area contributed by atoms with Gasteiger partial charge in [0.05, 0.1) is 0 Å². The van der Waals surface area contributed by atoms with E-state index in [9.17, 15) is 13.2 Å². The highest BCUT2D eigenvalue weighted by molar-refractivity contribution is 6.83. The molecule has 0 bridgehead atoms. The topological polar surface area (TPSA) is 35.8 Å². The SMILES string of the molecule is C[Si](C)(C)C#Cc1cc(Oc2ccc(OC(F)(F)F)cc2)n2ccnc2c1. The second kappa shape index (κ2) is 7.00. The predicted octanol–water partition coefficient (Wildman–Crippen LogP) is 5.25. The van der Waals surface area contributed by atoms with Crippen LogP contribution in [-0.2, 0) is 0 Å². The Kier molecular flexibility index (Phi) is 4.89. The van der Waals surface area contributed by atoms with Crippen molar-refractivity contribution < 1.29 is 22.6 Å². The quantitative estimate of drug-likeness (QED) is 0.452. The molecule has 2 aromatic heterocycles. The van der Waals surface area contributed by atoms with Crippen LogP contribution in [0.15, 0.2) is 48.8 Å². The smallest absolute Gasteiger partial charge is 0.440 e. The van der Waals surface area contributed by atoms with E-state index in [4.69, 9.17) is 4.74 Å². The van der Waals surface area contributed by atoms with Crippen LogP contribution >= 0.6 is 0 Å². The summed E-state index contributed by atoms with van der Waals surface area (Å²) in [6.07, 6.45) is -1.35.